The first-order valence-corrected chi connectivity index (χ1v) is 5.54. The molecular weight excluding hydrogens is 260 g/mol. The normalized spacial score (nSPS) is 20.9. The molecule has 2 N–H and O–H groups in total. The average molecular weight is 271 g/mol. The van der Waals surface area contributed by atoms with Crippen molar-refractivity contribution in [1.82, 2.24) is 15.3 Å². The quantitative estimate of drug-likeness (QED) is 0.839. The van der Waals surface area contributed by atoms with Gasteiger partial charge in [0.1, 0.15) is 12.1 Å². The van der Waals surface area contributed by atoms with Crippen molar-refractivity contribution >= 4 is 27.7 Å². The van der Waals surface area contributed by atoms with Crippen LogP contribution in [0.3, 0.4) is 0 Å². The minimum atomic E-state index is 0.120. The molecule has 1 aliphatic rings. The Balaban J connectivity index is 1.97. The van der Waals surface area contributed by atoms with Crippen molar-refractivity contribution in [1.29, 1.82) is 0 Å². The van der Waals surface area contributed by atoms with Gasteiger partial charge in [-0.3, -0.25) is 4.79 Å². The number of nitrogens with zero attached hydrogens (tertiary/aromatic N) is 2. The molecule has 1 aromatic heterocycles. The summed E-state index contributed by atoms with van der Waals surface area (Å²) in [5.41, 5.74) is 0. The van der Waals surface area contributed by atoms with E-state index in [1.54, 1.807) is 6.20 Å². The molecule has 1 saturated heterocycles. The topological polar surface area (TPSA) is 66.9 Å². The van der Waals surface area contributed by atoms with Crippen LogP contribution in [-0.2, 0) is 4.79 Å². The van der Waals surface area contributed by atoms with E-state index in [2.05, 4.69) is 36.5 Å². The van der Waals surface area contributed by atoms with Gasteiger partial charge in [-0.15, -0.1) is 0 Å². The molecule has 0 spiro atoms. The van der Waals surface area contributed by atoms with E-state index in [0.29, 0.717) is 13.0 Å². The van der Waals surface area contributed by atoms with E-state index >= 15 is 0 Å². The van der Waals surface area contributed by atoms with E-state index in [1.807, 2.05) is 0 Å². The van der Waals surface area contributed by atoms with Crippen LogP contribution in [0.25, 0.3) is 0 Å². The van der Waals surface area contributed by atoms with Crippen LogP contribution in [0, 0.1) is 0 Å². The molecule has 1 aromatic rings. The lowest BCUT2D eigenvalue weighted by Gasteiger charge is -2.24. The van der Waals surface area contributed by atoms with Gasteiger partial charge in [-0.2, -0.15) is 0 Å². The van der Waals surface area contributed by atoms with E-state index in [4.69, 9.17) is 0 Å². The Morgan fingerprint density at radius 3 is 3.13 bits per heavy atom. The highest BCUT2D eigenvalue weighted by Crippen LogP contribution is 2.19. The fourth-order valence-electron chi connectivity index (χ4n) is 1.47. The molecule has 2 rings (SSSR count). The minimum Gasteiger partial charge on any atom is -0.365 e. The smallest absolute Gasteiger partial charge is 0.220 e. The maximum Gasteiger partial charge on any atom is 0.220 e. The molecule has 1 unspecified atom stereocenters. The van der Waals surface area contributed by atoms with Gasteiger partial charge in [0.2, 0.25) is 5.91 Å². The van der Waals surface area contributed by atoms with Crippen LogP contribution in [0.2, 0.25) is 0 Å². The molecule has 0 saturated carbocycles. The zero-order valence-corrected chi connectivity index (χ0v) is 9.62. The highest BCUT2D eigenvalue weighted by Gasteiger charge is 2.18. The van der Waals surface area contributed by atoms with Crippen LogP contribution >= 0.6 is 15.9 Å². The van der Waals surface area contributed by atoms with E-state index < -0.39 is 0 Å². The number of amides is 1. The third-order valence-electron chi connectivity index (χ3n) is 2.27. The van der Waals surface area contributed by atoms with Crippen molar-refractivity contribution in [3.63, 3.8) is 0 Å². The van der Waals surface area contributed by atoms with Gasteiger partial charge >= 0.3 is 0 Å². The molecule has 1 fully saturated rings. The Morgan fingerprint density at radius 1 is 1.60 bits per heavy atom. The molecule has 2 heterocycles. The van der Waals surface area contributed by atoms with E-state index in [-0.39, 0.29) is 11.9 Å². The SMILES string of the molecule is O=C1CCC(Nc2ncncc2Br)CN1. The number of nitrogens with one attached hydrogen (secondary N) is 2. The van der Waals surface area contributed by atoms with Crippen LogP contribution in [0.15, 0.2) is 17.0 Å². The third kappa shape index (κ3) is 2.65. The average Bonchev–Trinajstić information content (AvgIpc) is 2.25. The molecular formula is C9H11BrN4O. The summed E-state index contributed by atoms with van der Waals surface area (Å²) in [6.07, 6.45) is 4.59. The molecule has 0 aromatic carbocycles. The number of carbonyl (C=O) groups excluding carboxylic acids is 1. The van der Waals surface area contributed by atoms with Gasteiger partial charge in [0.25, 0.3) is 0 Å². The van der Waals surface area contributed by atoms with Crippen molar-refractivity contribution < 1.29 is 4.79 Å². The second kappa shape index (κ2) is 4.57. The van der Waals surface area contributed by atoms with Gasteiger partial charge in [0.05, 0.1) is 4.47 Å². The number of anilines is 1. The molecule has 0 bridgehead atoms. The summed E-state index contributed by atoms with van der Waals surface area (Å²) in [4.78, 5) is 18.9. The lowest BCUT2D eigenvalue weighted by molar-refractivity contribution is -0.122. The monoisotopic (exact) mass is 270 g/mol. The van der Waals surface area contributed by atoms with E-state index in [9.17, 15) is 4.79 Å². The number of aromatic nitrogens is 2. The van der Waals surface area contributed by atoms with Crippen molar-refractivity contribution in [3.8, 4) is 0 Å². The molecule has 6 heteroatoms. The summed E-state index contributed by atoms with van der Waals surface area (Å²) in [5, 5.41) is 6.07. The maximum absolute atomic E-state index is 11.0. The Labute approximate surface area is 95.8 Å². The molecule has 5 nitrogen and oxygen atoms in total. The molecule has 1 atom stereocenters. The zero-order valence-electron chi connectivity index (χ0n) is 8.03. The van der Waals surface area contributed by atoms with Crippen LogP contribution in [0.1, 0.15) is 12.8 Å². The number of carbonyl (C=O) groups is 1. The van der Waals surface area contributed by atoms with Gasteiger partial charge in [-0.05, 0) is 22.4 Å². The standard InChI is InChI=1S/C9H11BrN4O/c10-7-4-11-5-13-9(7)14-6-1-2-8(15)12-3-6/h4-6H,1-3H2,(H,12,15)(H,11,13,14). The predicted molar refractivity (Wildman–Crippen MR) is 59.4 cm³/mol. The highest BCUT2D eigenvalue weighted by atomic mass is 79.9. The van der Waals surface area contributed by atoms with Crippen LogP contribution in [0.5, 0.6) is 0 Å². The fourth-order valence-corrected chi connectivity index (χ4v) is 1.80. The van der Waals surface area contributed by atoms with Crippen LogP contribution in [0.4, 0.5) is 5.82 Å². The fraction of sp³-hybridized carbons (Fsp3) is 0.444. The molecule has 80 valence electrons. The summed E-state index contributed by atoms with van der Waals surface area (Å²) in [5.74, 6) is 0.890. The number of piperidine rings is 1. The lowest BCUT2D eigenvalue weighted by atomic mass is 10.1. The van der Waals surface area contributed by atoms with E-state index in [1.165, 1.54) is 6.33 Å². The summed E-state index contributed by atoms with van der Waals surface area (Å²) < 4.78 is 0.835. The van der Waals surface area contributed by atoms with Crippen molar-refractivity contribution in [2.75, 3.05) is 11.9 Å². The number of hydrogen-bond donors (Lipinski definition) is 2. The summed E-state index contributed by atoms with van der Waals surface area (Å²) in [7, 11) is 0. The van der Waals surface area contributed by atoms with Crippen LogP contribution < -0.4 is 10.6 Å². The first-order valence-electron chi connectivity index (χ1n) is 4.74. The molecule has 0 radical (unpaired) electrons. The first kappa shape index (κ1) is 10.4. The van der Waals surface area contributed by atoms with Gasteiger partial charge in [-0.1, -0.05) is 0 Å². The maximum atomic E-state index is 11.0. The number of halogens is 1. The molecule has 0 aliphatic carbocycles. The number of rotatable bonds is 2. The van der Waals surface area contributed by atoms with Gasteiger partial charge < -0.3 is 10.6 Å². The Kier molecular flexibility index (Phi) is 3.15. The van der Waals surface area contributed by atoms with Crippen molar-refractivity contribution in [3.05, 3.63) is 17.0 Å². The highest BCUT2D eigenvalue weighted by molar-refractivity contribution is 9.10. The Morgan fingerprint density at radius 2 is 2.47 bits per heavy atom. The zero-order chi connectivity index (χ0) is 10.7. The molecule has 1 aliphatic heterocycles. The Hall–Kier alpha value is -1.17. The summed E-state index contributed by atoms with van der Waals surface area (Å²) in [6, 6.07) is 0.244. The predicted octanol–water partition coefficient (Wildman–Crippen LogP) is 0.930. The lowest BCUT2D eigenvalue weighted by Crippen LogP contribution is -2.42. The summed E-state index contributed by atoms with van der Waals surface area (Å²) >= 11 is 3.36. The second-order valence-electron chi connectivity index (χ2n) is 3.40. The summed E-state index contributed by atoms with van der Waals surface area (Å²) in [6.45, 7) is 0.648. The Bertz CT molecular complexity index is 361. The van der Waals surface area contributed by atoms with Crippen LogP contribution in [-0.4, -0.2) is 28.5 Å². The second-order valence-corrected chi connectivity index (χ2v) is 4.26. The van der Waals surface area contributed by atoms with Gasteiger partial charge in [-0.25, -0.2) is 9.97 Å². The van der Waals surface area contributed by atoms with Crippen molar-refractivity contribution in [2.45, 2.75) is 18.9 Å². The largest absolute Gasteiger partial charge is 0.365 e. The van der Waals surface area contributed by atoms with Gasteiger partial charge in [0.15, 0.2) is 0 Å². The van der Waals surface area contributed by atoms with Gasteiger partial charge in [0, 0.05) is 25.2 Å². The molecule has 15 heavy (non-hydrogen) atoms. The molecule has 1 amide bonds. The van der Waals surface area contributed by atoms with E-state index in [0.717, 1.165) is 16.7 Å². The minimum absolute atomic E-state index is 0.120. The third-order valence-corrected chi connectivity index (χ3v) is 2.85. The van der Waals surface area contributed by atoms with Crippen molar-refractivity contribution in [2.24, 2.45) is 0 Å². The first-order chi connectivity index (χ1) is 7.25. The number of hydrogen-bond acceptors (Lipinski definition) is 4.